The van der Waals surface area contributed by atoms with Crippen molar-refractivity contribution in [3.05, 3.63) is 42.5 Å². The molecule has 0 bridgehead atoms. The summed E-state index contributed by atoms with van der Waals surface area (Å²) >= 11 is 0. The van der Waals surface area contributed by atoms with Crippen molar-refractivity contribution in [2.24, 2.45) is 0 Å². The summed E-state index contributed by atoms with van der Waals surface area (Å²) in [6.45, 7) is 5.54. The third kappa shape index (κ3) is 4.04. The predicted octanol–water partition coefficient (Wildman–Crippen LogP) is 3.84. The zero-order chi connectivity index (χ0) is 16.2. The van der Waals surface area contributed by atoms with E-state index >= 15 is 0 Å². The largest absolute Gasteiger partial charge is 0.491 e. The lowest BCUT2D eigenvalue weighted by Crippen LogP contribution is -2.48. The number of β-amino-alcohol motifs (C(OH)–C–C–N with tert-alkyl or cyclic N) is 1. The Balaban J connectivity index is 1.56. The number of nitrogens with zero attached hydrogens (tertiary/aromatic N) is 1. The third-order valence-corrected chi connectivity index (χ3v) is 4.96. The van der Waals surface area contributed by atoms with E-state index in [0.717, 1.165) is 11.1 Å². The lowest BCUT2D eigenvalue weighted by Gasteiger charge is -2.40. The molecule has 2 aromatic rings. The molecule has 1 saturated heterocycles. The van der Waals surface area contributed by atoms with Gasteiger partial charge in [0, 0.05) is 18.6 Å². The Hall–Kier alpha value is -1.58. The van der Waals surface area contributed by atoms with Gasteiger partial charge in [0.05, 0.1) is 0 Å². The molecule has 1 heterocycles. The molecule has 3 atom stereocenters. The van der Waals surface area contributed by atoms with Crippen molar-refractivity contribution in [1.29, 1.82) is 0 Å². The van der Waals surface area contributed by atoms with Crippen LogP contribution in [0.2, 0.25) is 0 Å². The van der Waals surface area contributed by atoms with E-state index in [9.17, 15) is 5.11 Å². The molecule has 0 radical (unpaired) electrons. The highest BCUT2D eigenvalue weighted by Crippen LogP contribution is 2.23. The first-order valence-electron chi connectivity index (χ1n) is 8.69. The topological polar surface area (TPSA) is 32.7 Å². The van der Waals surface area contributed by atoms with Crippen LogP contribution in [-0.2, 0) is 0 Å². The van der Waals surface area contributed by atoms with Crippen LogP contribution in [0.1, 0.15) is 33.1 Å². The number of benzene rings is 2. The van der Waals surface area contributed by atoms with Crippen molar-refractivity contribution in [3.63, 3.8) is 0 Å². The highest BCUT2D eigenvalue weighted by molar-refractivity contribution is 5.83. The smallest absolute Gasteiger partial charge is 0.120 e. The fraction of sp³-hybridized carbons (Fsp3) is 0.500. The van der Waals surface area contributed by atoms with Gasteiger partial charge in [-0.25, -0.2) is 0 Å². The second-order valence-corrected chi connectivity index (χ2v) is 6.80. The minimum atomic E-state index is -0.454. The molecule has 124 valence electrons. The normalized spacial score (nSPS) is 23.8. The van der Waals surface area contributed by atoms with Crippen molar-refractivity contribution in [1.82, 2.24) is 4.90 Å². The number of hydrogen-bond donors (Lipinski definition) is 1. The van der Waals surface area contributed by atoms with E-state index in [-0.39, 0.29) is 0 Å². The Morgan fingerprint density at radius 2 is 1.78 bits per heavy atom. The van der Waals surface area contributed by atoms with Crippen molar-refractivity contribution >= 4 is 10.8 Å². The zero-order valence-corrected chi connectivity index (χ0v) is 14.1. The number of rotatable bonds is 5. The Kier molecular flexibility index (Phi) is 5.19. The summed E-state index contributed by atoms with van der Waals surface area (Å²) in [5.74, 6) is 0.822. The molecule has 0 unspecified atom stereocenters. The monoisotopic (exact) mass is 313 g/mol. The van der Waals surface area contributed by atoms with Crippen molar-refractivity contribution in [2.45, 2.75) is 51.3 Å². The molecule has 3 nitrogen and oxygen atoms in total. The minimum absolute atomic E-state index is 0.342. The van der Waals surface area contributed by atoms with Gasteiger partial charge in [0.25, 0.3) is 0 Å². The molecule has 0 aromatic heterocycles. The van der Waals surface area contributed by atoms with Gasteiger partial charge in [-0.3, -0.25) is 4.90 Å². The van der Waals surface area contributed by atoms with Crippen molar-refractivity contribution < 1.29 is 9.84 Å². The molecule has 1 N–H and O–H groups in total. The maximum absolute atomic E-state index is 10.3. The van der Waals surface area contributed by atoms with Gasteiger partial charge in [-0.15, -0.1) is 0 Å². The number of piperidine rings is 1. The highest BCUT2D eigenvalue weighted by atomic mass is 16.5. The van der Waals surface area contributed by atoms with Gasteiger partial charge in [-0.1, -0.05) is 36.8 Å². The SMILES string of the molecule is C[C@@H]1CCC[C@H](C)N1C[C@H](O)COc1ccc2ccccc2c1. The summed E-state index contributed by atoms with van der Waals surface area (Å²) < 4.78 is 5.81. The quantitative estimate of drug-likeness (QED) is 0.910. The van der Waals surface area contributed by atoms with Gasteiger partial charge in [0.1, 0.15) is 18.5 Å². The summed E-state index contributed by atoms with van der Waals surface area (Å²) in [5.41, 5.74) is 0. The molecular formula is C20H27NO2. The lowest BCUT2D eigenvalue weighted by atomic mass is 9.97. The molecule has 23 heavy (non-hydrogen) atoms. The first kappa shape index (κ1) is 16.3. The van der Waals surface area contributed by atoms with E-state index in [1.807, 2.05) is 24.3 Å². The minimum Gasteiger partial charge on any atom is -0.491 e. The van der Waals surface area contributed by atoms with Crippen LogP contribution in [-0.4, -0.2) is 41.3 Å². The summed E-state index contributed by atoms with van der Waals surface area (Å²) in [4.78, 5) is 2.41. The maximum Gasteiger partial charge on any atom is 0.120 e. The molecule has 0 saturated carbocycles. The Morgan fingerprint density at radius 3 is 2.52 bits per heavy atom. The highest BCUT2D eigenvalue weighted by Gasteiger charge is 2.26. The molecule has 3 rings (SSSR count). The first-order chi connectivity index (χ1) is 11.1. The number of aliphatic hydroxyl groups excluding tert-OH is 1. The Morgan fingerprint density at radius 1 is 1.09 bits per heavy atom. The number of hydrogen-bond acceptors (Lipinski definition) is 3. The van der Waals surface area contributed by atoms with Crippen LogP contribution in [0.3, 0.4) is 0 Å². The van der Waals surface area contributed by atoms with E-state index in [2.05, 4.69) is 36.9 Å². The van der Waals surface area contributed by atoms with Gasteiger partial charge in [-0.2, -0.15) is 0 Å². The van der Waals surface area contributed by atoms with E-state index in [1.165, 1.54) is 24.6 Å². The maximum atomic E-state index is 10.3. The third-order valence-electron chi connectivity index (χ3n) is 4.96. The predicted molar refractivity (Wildman–Crippen MR) is 94.9 cm³/mol. The van der Waals surface area contributed by atoms with Crippen LogP contribution in [0.15, 0.2) is 42.5 Å². The second kappa shape index (κ2) is 7.33. The zero-order valence-electron chi connectivity index (χ0n) is 14.1. The molecule has 0 aliphatic carbocycles. The van der Waals surface area contributed by atoms with Gasteiger partial charge in [0.2, 0.25) is 0 Å². The Labute approximate surface area is 138 Å². The average Bonchev–Trinajstić information content (AvgIpc) is 2.56. The van der Waals surface area contributed by atoms with E-state index in [4.69, 9.17) is 4.74 Å². The van der Waals surface area contributed by atoms with Crippen LogP contribution in [0.5, 0.6) is 5.75 Å². The molecule has 0 spiro atoms. The lowest BCUT2D eigenvalue weighted by molar-refractivity contribution is 0.0209. The fourth-order valence-corrected chi connectivity index (χ4v) is 3.58. The Bertz CT molecular complexity index is 632. The molecule has 1 aliphatic heterocycles. The van der Waals surface area contributed by atoms with Gasteiger partial charge in [0.15, 0.2) is 0 Å². The molecule has 3 heteroatoms. The molecule has 1 fully saturated rings. The molecular weight excluding hydrogens is 286 g/mol. The van der Waals surface area contributed by atoms with Gasteiger partial charge in [-0.05, 0) is 49.6 Å². The van der Waals surface area contributed by atoms with Crippen LogP contribution < -0.4 is 4.74 Å². The summed E-state index contributed by atoms with van der Waals surface area (Å²) in [6.07, 6.45) is 3.29. The van der Waals surface area contributed by atoms with Crippen LogP contribution in [0.25, 0.3) is 10.8 Å². The van der Waals surface area contributed by atoms with E-state index in [0.29, 0.717) is 25.2 Å². The fourth-order valence-electron chi connectivity index (χ4n) is 3.58. The van der Waals surface area contributed by atoms with Crippen LogP contribution in [0, 0.1) is 0 Å². The summed E-state index contributed by atoms with van der Waals surface area (Å²) in [7, 11) is 0. The first-order valence-corrected chi connectivity index (χ1v) is 8.69. The summed E-state index contributed by atoms with van der Waals surface area (Å²) in [5, 5.41) is 12.7. The summed E-state index contributed by atoms with van der Waals surface area (Å²) in [6, 6.07) is 15.4. The number of aliphatic hydroxyl groups is 1. The standard InChI is InChI=1S/C20H27NO2/c1-15-6-5-7-16(2)21(15)13-19(22)14-23-20-11-10-17-8-3-4-9-18(17)12-20/h3-4,8-12,15-16,19,22H,5-7,13-14H2,1-2H3/t15-,16+,19-/m0/s1. The number of ether oxygens (including phenoxy) is 1. The number of fused-ring (bicyclic) bond motifs is 1. The van der Waals surface area contributed by atoms with Gasteiger partial charge >= 0.3 is 0 Å². The molecule has 2 aromatic carbocycles. The van der Waals surface area contributed by atoms with Crippen LogP contribution >= 0.6 is 0 Å². The number of likely N-dealkylation sites (tertiary alicyclic amines) is 1. The second-order valence-electron chi connectivity index (χ2n) is 6.80. The van der Waals surface area contributed by atoms with E-state index < -0.39 is 6.10 Å². The van der Waals surface area contributed by atoms with Crippen LogP contribution in [0.4, 0.5) is 0 Å². The molecule has 0 amide bonds. The van der Waals surface area contributed by atoms with Crippen molar-refractivity contribution in [3.8, 4) is 5.75 Å². The average molecular weight is 313 g/mol. The van der Waals surface area contributed by atoms with Crippen molar-refractivity contribution in [2.75, 3.05) is 13.2 Å². The van der Waals surface area contributed by atoms with Gasteiger partial charge < -0.3 is 9.84 Å². The molecule has 1 aliphatic rings. The van der Waals surface area contributed by atoms with E-state index in [1.54, 1.807) is 0 Å².